The van der Waals surface area contributed by atoms with E-state index in [-0.39, 0.29) is 5.56 Å². The first-order valence-electron chi connectivity index (χ1n) is 6.08. The van der Waals surface area contributed by atoms with Gasteiger partial charge in [-0.1, -0.05) is 12.1 Å². The van der Waals surface area contributed by atoms with Gasteiger partial charge < -0.3 is 5.32 Å². The van der Waals surface area contributed by atoms with Crippen LogP contribution in [0.4, 0.5) is 17.6 Å². The van der Waals surface area contributed by atoms with Crippen molar-refractivity contribution in [2.75, 3.05) is 7.05 Å². The first-order valence-corrected chi connectivity index (χ1v) is 7.76. The molecule has 0 aliphatic carbocycles. The van der Waals surface area contributed by atoms with E-state index in [0.29, 0.717) is 6.42 Å². The Morgan fingerprint density at radius 3 is 2.57 bits per heavy atom. The summed E-state index contributed by atoms with van der Waals surface area (Å²) in [5.74, 6) is -1.21. The van der Waals surface area contributed by atoms with Crippen molar-refractivity contribution in [2.45, 2.75) is 18.6 Å². The van der Waals surface area contributed by atoms with E-state index in [1.54, 1.807) is 7.05 Å². The predicted molar refractivity (Wildman–Crippen MR) is 78.9 cm³/mol. The lowest BCUT2D eigenvalue weighted by Gasteiger charge is -2.19. The fourth-order valence-electron chi connectivity index (χ4n) is 2.07. The normalized spacial score (nSPS) is 13.4. The molecule has 1 atom stereocenters. The Morgan fingerprint density at radius 2 is 2.05 bits per heavy atom. The lowest BCUT2D eigenvalue weighted by atomic mass is 9.99. The fraction of sp³-hybridized carbons (Fsp3) is 0.286. The molecule has 0 fully saturated rings. The number of hydrogen-bond acceptors (Lipinski definition) is 2. The highest BCUT2D eigenvalue weighted by Crippen LogP contribution is 2.35. The summed E-state index contributed by atoms with van der Waals surface area (Å²) in [6.45, 7) is 0. The second-order valence-electron chi connectivity index (χ2n) is 4.48. The van der Waals surface area contributed by atoms with Crippen LogP contribution in [-0.2, 0) is 12.6 Å². The van der Waals surface area contributed by atoms with Crippen molar-refractivity contribution in [3.05, 3.63) is 55.9 Å². The molecule has 1 aromatic carbocycles. The van der Waals surface area contributed by atoms with Crippen molar-refractivity contribution in [3.63, 3.8) is 0 Å². The molecule has 1 unspecified atom stereocenters. The standard InChI is InChI=1S/C14H12BrF4NS/c1-20-12(6-9-5-8(15)7-21-9)10-3-2-4-11(13(10)16)14(17,18)19/h2-5,7,12,20H,6H2,1H3. The molecule has 2 aromatic rings. The number of benzene rings is 1. The van der Waals surface area contributed by atoms with Gasteiger partial charge in [-0.15, -0.1) is 11.3 Å². The van der Waals surface area contributed by atoms with Crippen LogP contribution < -0.4 is 5.32 Å². The maximum atomic E-state index is 14.1. The molecule has 0 aliphatic heterocycles. The molecule has 1 aromatic heterocycles. The summed E-state index contributed by atoms with van der Waals surface area (Å²) in [6.07, 6.45) is -4.27. The molecular formula is C14H12BrF4NS. The molecule has 114 valence electrons. The Kier molecular flexibility index (Phi) is 5.06. The van der Waals surface area contributed by atoms with E-state index in [0.717, 1.165) is 15.4 Å². The molecule has 0 aliphatic rings. The number of halogens is 5. The molecule has 7 heteroatoms. The molecule has 1 nitrogen and oxygen atoms in total. The summed E-state index contributed by atoms with van der Waals surface area (Å²) in [4.78, 5) is 0.957. The molecule has 21 heavy (non-hydrogen) atoms. The van der Waals surface area contributed by atoms with Crippen LogP contribution in [0.1, 0.15) is 22.0 Å². The molecule has 0 saturated heterocycles. The minimum absolute atomic E-state index is 0.0249. The van der Waals surface area contributed by atoms with E-state index in [1.165, 1.54) is 23.5 Å². The Labute approximate surface area is 132 Å². The predicted octanol–water partition coefficient (Wildman–Crippen LogP) is 5.17. The third kappa shape index (κ3) is 3.84. The van der Waals surface area contributed by atoms with Gasteiger partial charge in [0.1, 0.15) is 5.82 Å². The van der Waals surface area contributed by atoms with E-state index in [4.69, 9.17) is 0 Å². The molecule has 0 radical (unpaired) electrons. The highest BCUT2D eigenvalue weighted by Gasteiger charge is 2.35. The van der Waals surface area contributed by atoms with Crippen molar-refractivity contribution in [2.24, 2.45) is 0 Å². The van der Waals surface area contributed by atoms with Crippen LogP contribution in [0.15, 0.2) is 34.1 Å². The minimum atomic E-state index is -4.69. The van der Waals surface area contributed by atoms with Crippen molar-refractivity contribution in [1.82, 2.24) is 5.32 Å². The second kappa shape index (κ2) is 6.46. The van der Waals surface area contributed by atoms with Crippen molar-refractivity contribution in [3.8, 4) is 0 Å². The molecule has 1 N–H and O–H groups in total. The number of rotatable bonds is 4. The zero-order chi connectivity index (χ0) is 15.6. The zero-order valence-corrected chi connectivity index (χ0v) is 13.4. The van der Waals surface area contributed by atoms with Gasteiger partial charge in [0.2, 0.25) is 0 Å². The maximum absolute atomic E-state index is 14.1. The third-order valence-corrected chi connectivity index (χ3v) is 4.80. The SMILES string of the molecule is CNC(Cc1cc(Br)cs1)c1cccc(C(F)(F)F)c1F. The van der Waals surface area contributed by atoms with Gasteiger partial charge in [-0.25, -0.2) is 4.39 Å². The molecule has 0 bridgehead atoms. The fourth-order valence-corrected chi connectivity index (χ4v) is 3.57. The van der Waals surface area contributed by atoms with Gasteiger partial charge in [-0.3, -0.25) is 0 Å². The lowest BCUT2D eigenvalue weighted by molar-refractivity contribution is -0.140. The minimum Gasteiger partial charge on any atom is -0.313 e. The molecule has 0 amide bonds. The number of nitrogens with one attached hydrogen (secondary N) is 1. The summed E-state index contributed by atoms with van der Waals surface area (Å²) >= 11 is 4.79. The Bertz CT molecular complexity index is 624. The first kappa shape index (κ1) is 16.5. The van der Waals surface area contributed by atoms with Crippen LogP contribution in [0, 0.1) is 5.82 Å². The number of likely N-dealkylation sites (N-methyl/N-ethyl adjacent to an activating group) is 1. The number of hydrogen-bond donors (Lipinski definition) is 1. The average molecular weight is 382 g/mol. The van der Waals surface area contributed by atoms with E-state index >= 15 is 0 Å². The quantitative estimate of drug-likeness (QED) is 0.720. The maximum Gasteiger partial charge on any atom is 0.419 e. The highest BCUT2D eigenvalue weighted by molar-refractivity contribution is 9.10. The smallest absolute Gasteiger partial charge is 0.313 e. The highest BCUT2D eigenvalue weighted by atomic mass is 79.9. The van der Waals surface area contributed by atoms with Crippen LogP contribution >= 0.6 is 27.3 Å². The summed E-state index contributed by atoms with van der Waals surface area (Å²) in [6, 6.07) is 4.73. The topological polar surface area (TPSA) is 12.0 Å². The van der Waals surface area contributed by atoms with Gasteiger partial charge in [0.25, 0.3) is 0 Å². The van der Waals surface area contributed by atoms with Gasteiger partial charge in [0.05, 0.1) is 5.56 Å². The Balaban J connectivity index is 2.34. The van der Waals surface area contributed by atoms with Gasteiger partial charge in [0, 0.05) is 32.8 Å². The summed E-state index contributed by atoms with van der Waals surface area (Å²) in [7, 11) is 1.60. The molecule has 1 heterocycles. The van der Waals surface area contributed by atoms with E-state index in [9.17, 15) is 17.6 Å². The molecule has 2 rings (SSSR count). The largest absolute Gasteiger partial charge is 0.419 e. The van der Waals surface area contributed by atoms with Gasteiger partial charge in [-0.05, 0) is 35.1 Å². The van der Waals surface area contributed by atoms with Crippen LogP contribution in [0.5, 0.6) is 0 Å². The van der Waals surface area contributed by atoms with E-state index in [1.807, 2.05) is 11.4 Å². The number of thiophene rings is 1. The van der Waals surface area contributed by atoms with Crippen LogP contribution in [0.25, 0.3) is 0 Å². The van der Waals surface area contributed by atoms with Gasteiger partial charge in [-0.2, -0.15) is 13.2 Å². The zero-order valence-electron chi connectivity index (χ0n) is 11.0. The second-order valence-corrected chi connectivity index (χ2v) is 6.39. The molecule has 0 spiro atoms. The summed E-state index contributed by atoms with van der Waals surface area (Å²) in [5.41, 5.74) is -1.20. The summed E-state index contributed by atoms with van der Waals surface area (Å²) < 4.78 is 53.3. The van der Waals surface area contributed by atoms with Crippen molar-refractivity contribution in [1.29, 1.82) is 0 Å². The summed E-state index contributed by atoms with van der Waals surface area (Å²) in [5, 5.41) is 4.76. The van der Waals surface area contributed by atoms with Gasteiger partial charge >= 0.3 is 6.18 Å². The molecule has 0 saturated carbocycles. The Hall–Kier alpha value is -0.920. The molecular weight excluding hydrogens is 370 g/mol. The van der Waals surface area contributed by atoms with Gasteiger partial charge in [0.15, 0.2) is 0 Å². The van der Waals surface area contributed by atoms with Crippen LogP contribution in [0.3, 0.4) is 0 Å². The number of alkyl halides is 3. The average Bonchev–Trinajstić information content (AvgIpc) is 2.81. The van der Waals surface area contributed by atoms with E-state index in [2.05, 4.69) is 21.2 Å². The lowest BCUT2D eigenvalue weighted by Crippen LogP contribution is -2.21. The third-order valence-electron chi connectivity index (χ3n) is 3.08. The van der Waals surface area contributed by atoms with E-state index < -0.39 is 23.6 Å². The Morgan fingerprint density at radius 1 is 1.33 bits per heavy atom. The van der Waals surface area contributed by atoms with Crippen molar-refractivity contribution >= 4 is 27.3 Å². The monoisotopic (exact) mass is 381 g/mol. The first-order chi connectivity index (χ1) is 9.82. The van der Waals surface area contributed by atoms with Crippen LogP contribution in [-0.4, -0.2) is 7.05 Å². The van der Waals surface area contributed by atoms with Crippen LogP contribution in [0.2, 0.25) is 0 Å². The van der Waals surface area contributed by atoms with Crippen molar-refractivity contribution < 1.29 is 17.6 Å².